The quantitative estimate of drug-likeness (QED) is 0.729. The highest BCUT2D eigenvalue weighted by Crippen LogP contribution is 2.27. The third-order valence-corrected chi connectivity index (χ3v) is 5.17. The van der Waals surface area contributed by atoms with Gasteiger partial charge in [0.05, 0.1) is 13.2 Å². The summed E-state index contributed by atoms with van der Waals surface area (Å²) in [5, 5.41) is 12.7. The first-order valence-electron chi connectivity index (χ1n) is 6.06. The molecule has 2 rings (SSSR count). The van der Waals surface area contributed by atoms with Crippen molar-refractivity contribution in [1.29, 1.82) is 0 Å². The molecule has 114 valence electrons. The van der Waals surface area contributed by atoms with E-state index in [4.69, 9.17) is 9.88 Å². The molecule has 0 unspecified atom stereocenters. The number of nitrogens with zero attached hydrogens (tertiary/aromatic N) is 3. The lowest BCUT2D eigenvalue weighted by Crippen LogP contribution is -2.20. The molecule has 0 spiro atoms. The number of primary sulfonamides is 1. The molecule has 0 radical (unpaired) electrons. The van der Waals surface area contributed by atoms with Gasteiger partial charge >= 0.3 is 0 Å². The molecule has 0 saturated carbocycles. The normalized spacial score (nSPS) is 11.8. The minimum Gasteiger partial charge on any atom is -0.383 e. The van der Waals surface area contributed by atoms with Crippen molar-refractivity contribution in [3.8, 4) is 11.4 Å². The number of aryl methyl sites for hydroxylation is 1. The molecule has 0 fully saturated rings. The van der Waals surface area contributed by atoms with Crippen molar-refractivity contribution in [2.75, 3.05) is 13.7 Å². The summed E-state index contributed by atoms with van der Waals surface area (Å²) in [5.41, 5.74) is 1.89. The molecular formula is C12H15IN4O3S. The van der Waals surface area contributed by atoms with Crippen LogP contribution in [0, 0.1) is 10.5 Å². The van der Waals surface area contributed by atoms with Gasteiger partial charge in [0.15, 0.2) is 5.82 Å². The zero-order valence-electron chi connectivity index (χ0n) is 11.6. The van der Waals surface area contributed by atoms with Crippen LogP contribution in [0.4, 0.5) is 0 Å². The van der Waals surface area contributed by atoms with Crippen molar-refractivity contribution < 1.29 is 13.2 Å². The predicted molar refractivity (Wildman–Crippen MR) is 86.2 cm³/mol. The Morgan fingerprint density at radius 3 is 2.71 bits per heavy atom. The lowest BCUT2D eigenvalue weighted by Gasteiger charge is -2.11. The van der Waals surface area contributed by atoms with E-state index in [1.807, 2.05) is 25.1 Å². The molecule has 2 N–H and O–H groups in total. The molecule has 7 nitrogen and oxygen atoms in total. The molecule has 21 heavy (non-hydrogen) atoms. The van der Waals surface area contributed by atoms with Crippen LogP contribution in [0.25, 0.3) is 11.4 Å². The average molecular weight is 422 g/mol. The molecule has 1 aromatic heterocycles. The minimum absolute atomic E-state index is 0.258. The first-order valence-corrected chi connectivity index (χ1v) is 8.69. The molecule has 2 aromatic rings. The highest BCUT2D eigenvalue weighted by Gasteiger charge is 2.23. The molecule has 1 aromatic carbocycles. The van der Waals surface area contributed by atoms with Gasteiger partial charge in [-0.15, -0.1) is 10.2 Å². The fourth-order valence-electron chi connectivity index (χ4n) is 1.90. The van der Waals surface area contributed by atoms with E-state index in [1.165, 1.54) is 11.7 Å². The van der Waals surface area contributed by atoms with Crippen molar-refractivity contribution >= 4 is 32.6 Å². The first-order chi connectivity index (χ1) is 9.86. The number of methoxy groups -OCH3 is 1. The second kappa shape index (κ2) is 6.38. The van der Waals surface area contributed by atoms with Crippen molar-refractivity contribution in [3.05, 3.63) is 27.3 Å². The monoisotopic (exact) mass is 422 g/mol. The number of ether oxygens (including phenoxy) is 1. The van der Waals surface area contributed by atoms with Gasteiger partial charge in [0.2, 0.25) is 0 Å². The fourth-order valence-corrected chi connectivity index (χ4v) is 3.14. The molecule has 1 heterocycles. The molecule has 9 heteroatoms. The van der Waals surface area contributed by atoms with Gasteiger partial charge in [-0.1, -0.05) is 18.2 Å². The van der Waals surface area contributed by atoms with Gasteiger partial charge in [-0.05, 0) is 35.1 Å². The molecule has 0 bridgehead atoms. The van der Waals surface area contributed by atoms with Gasteiger partial charge in [0.25, 0.3) is 15.2 Å². The van der Waals surface area contributed by atoms with Crippen LogP contribution in [0.15, 0.2) is 23.4 Å². The van der Waals surface area contributed by atoms with Gasteiger partial charge in [-0.3, -0.25) is 4.57 Å². The molecule has 0 saturated heterocycles. The maximum Gasteiger partial charge on any atom is 0.273 e. The van der Waals surface area contributed by atoms with Crippen LogP contribution in [-0.4, -0.2) is 36.9 Å². The summed E-state index contributed by atoms with van der Waals surface area (Å²) in [6.45, 7) is 2.60. The number of hydrogen-bond acceptors (Lipinski definition) is 5. The maximum absolute atomic E-state index is 11.6. The van der Waals surface area contributed by atoms with Crippen LogP contribution in [0.3, 0.4) is 0 Å². The standard InChI is InChI=1S/C12H15IN4O3S/c1-8-4-3-5-9(10(8)13)11-15-16-12(21(14,18)19)17(11)6-7-20-2/h3-5H,6-7H2,1-2H3,(H2,14,18,19). The first kappa shape index (κ1) is 16.3. The Kier molecular flexibility index (Phi) is 4.96. The van der Waals surface area contributed by atoms with Crippen LogP contribution < -0.4 is 5.14 Å². The average Bonchev–Trinajstić information content (AvgIpc) is 2.83. The van der Waals surface area contributed by atoms with E-state index < -0.39 is 10.0 Å². The number of halogens is 1. The smallest absolute Gasteiger partial charge is 0.273 e. The van der Waals surface area contributed by atoms with E-state index >= 15 is 0 Å². The lowest BCUT2D eigenvalue weighted by atomic mass is 10.1. The number of benzene rings is 1. The van der Waals surface area contributed by atoms with E-state index in [-0.39, 0.29) is 5.16 Å². The topological polar surface area (TPSA) is 100 Å². The molecular weight excluding hydrogens is 407 g/mol. The van der Waals surface area contributed by atoms with Gasteiger partial charge in [-0.25, -0.2) is 13.6 Å². The summed E-state index contributed by atoms with van der Waals surface area (Å²) in [6.07, 6.45) is 0. The summed E-state index contributed by atoms with van der Waals surface area (Å²) in [6, 6.07) is 5.73. The van der Waals surface area contributed by atoms with Crippen molar-refractivity contribution in [2.24, 2.45) is 5.14 Å². The van der Waals surface area contributed by atoms with E-state index in [0.29, 0.717) is 19.0 Å². The highest BCUT2D eigenvalue weighted by atomic mass is 127. The summed E-state index contributed by atoms with van der Waals surface area (Å²) in [4.78, 5) is 0. The Balaban J connectivity index is 2.64. The SMILES string of the molecule is COCCn1c(-c2cccc(C)c2I)nnc1S(N)(=O)=O. The zero-order valence-corrected chi connectivity index (χ0v) is 14.6. The Labute approximate surface area is 136 Å². The van der Waals surface area contributed by atoms with E-state index in [9.17, 15) is 8.42 Å². The summed E-state index contributed by atoms with van der Waals surface area (Å²) in [5.74, 6) is 0.462. The fraction of sp³-hybridized carbons (Fsp3) is 0.333. The highest BCUT2D eigenvalue weighted by molar-refractivity contribution is 14.1. The Morgan fingerprint density at radius 2 is 2.10 bits per heavy atom. The Hall–Kier alpha value is -1.04. The minimum atomic E-state index is -3.94. The van der Waals surface area contributed by atoms with Gasteiger partial charge in [0, 0.05) is 16.2 Å². The summed E-state index contributed by atoms with van der Waals surface area (Å²) < 4.78 is 30.7. The second-order valence-corrected chi connectivity index (χ2v) is 6.97. The van der Waals surface area contributed by atoms with Crippen molar-refractivity contribution in [1.82, 2.24) is 14.8 Å². The van der Waals surface area contributed by atoms with Crippen LogP contribution >= 0.6 is 22.6 Å². The van der Waals surface area contributed by atoms with E-state index in [0.717, 1.165) is 14.7 Å². The van der Waals surface area contributed by atoms with Crippen LogP contribution in [0.1, 0.15) is 5.56 Å². The van der Waals surface area contributed by atoms with Crippen molar-refractivity contribution in [2.45, 2.75) is 18.6 Å². The molecule has 0 atom stereocenters. The van der Waals surface area contributed by atoms with Crippen LogP contribution in [0.5, 0.6) is 0 Å². The number of nitrogens with two attached hydrogens (primary N) is 1. The molecule has 0 aliphatic carbocycles. The van der Waals surface area contributed by atoms with Gasteiger partial charge < -0.3 is 4.74 Å². The molecule has 0 aliphatic rings. The number of hydrogen-bond donors (Lipinski definition) is 1. The largest absolute Gasteiger partial charge is 0.383 e. The van der Waals surface area contributed by atoms with Crippen molar-refractivity contribution in [3.63, 3.8) is 0 Å². The third kappa shape index (κ3) is 3.42. The van der Waals surface area contributed by atoms with E-state index in [2.05, 4.69) is 32.8 Å². The second-order valence-electron chi connectivity index (χ2n) is 4.43. The Morgan fingerprint density at radius 1 is 1.38 bits per heavy atom. The maximum atomic E-state index is 11.6. The number of aromatic nitrogens is 3. The summed E-state index contributed by atoms with van der Waals surface area (Å²) in [7, 11) is -2.40. The lowest BCUT2D eigenvalue weighted by molar-refractivity contribution is 0.185. The third-order valence-electron chi connectivity index (χ3n) is 2.92. The number of rotatable bonds is 5. The number of sulfonamides is 1. The molecule has 0 aliphatic heterocycles. The van der Waals surface area contributed by atoms with Crippen LogP contribution in [0.2, 0.25) is 0 Å². The molecule has 0 amide bonds. The van der Waals surface area contributed by atoms with Gasteiger partial charge in [0.1, 0.15) is 0 Å². The van der Waals surface area contributed by atoms with Gasteiger partial charge in [-0.2, -0.15) is 0 Å². The Bertz CT molecular complexity index is 758. The van der Waals surface area contributed by atoms with Crippen LogP contribution in [-0.2, 0) is 21.3 Å². The summed E-state index contributed by atoms with van der Waals surface area (Å²) >= 11 is 2.20. The zero-order chi connectivity index (χ0) is 15.6. The van der Waals surface area contributed by atoms with E-state index in [1.54, 1.807) is 0 Å². The predicted octanol–water partition coefficient (Wildman–Crippen LogP) is 1.15.